The van der Waals surface area contributed by atoms with Crippen molar-refractivity contribution in [3.63, 3.8) is 0 Å². The first-order chi connectivity index (χ1) is 15.2. The van der Waals surface area contributed by atoms with E-state index >= 15 is 0 Å². The minimum absolute atomic E-state index is 0.492. The van der Waals surface area contributed by atoms with Crippen molar-refractivity contribution in [1.29, 1.82) is 0 Å². The lowest BCUT2D eigenvalue weighted by molar-refractivity contribution is 0.853. The van der Waals surface area contributed by atoms with Gasteiger partial charge in [-0.3, -0.25) is 4.98 Å². The van der Waals surface area contributed by atoms with E-state index in [1.54, 1.807) is 12.4 Å². The lowest BCUT2D eigenvalue weighted by atomic mass is 10.00. The summed E-state index contributed by atoms with van der Waals surface area (Å²) in [6, 6.07) is 20.1. The Morgan fingerprint density at radius 3 is 2.48 bits per heavy atom. The Kier molecular flexibility index (Phi) is 6.50. The predicted octanol–water partition coefficient (Wildman–Crippen LogP) is 4.29. The van der Waals surface area contributed by atoms with Crippen LogP contribution in [-0.2, 0) is 13.0 Å². The monoisotopic (exact) mass is 410 g/mol. The maximum absolute atomic E-state index is 5.86. The number of aryl methyl sites for hydroxylation is 1. The first kappa shape index (κ1) is 20.5. The zero-order chi connectivity index (χ0) is 21.5. The summed E-state index contributed by atoms with van der Waals surface area (Å²) in [6.07, 6.45) is 7.32. The molecule has 5 N–H and O–H groups in total. The molecule has 0 unspecified atom stereocenters. The van der Waals surface area contributed by atoms with Crippen LogP contribution in [0.5, 0.6) is 0 Å². The van der Waals surface area contributed by atoms with Gasteiger partial charge in [-0.1, -0.05) is 30.3 Å². The van der Waals surface area contributed by atoms with Crippen molar-refractivity contribution in [3.8, 4) is 22.4 Å². The van der Waals surface area contributed by atoms with Gasteiger partial charge < -0.3 is 16.8 Å². The van der Waals surface area contributed by atoms with Crippen LogP contribution in [0.4, 0.5) is 11.6 Å². The number of benzene rings is 2. The number of aromatic nitrogens is 3. The van der Waals surface area contributed by atoms with E-state index < -0.39 is 0 Å². The van der Waals surface area contributed by atoms with E-state index in [0.717, 1.165) is 53.0 Å². The number of rotatable bonds is 8. The Labute approximate surface area is 182 Å². The Hall–Kier alpha value is -3.77. The second-order valence-corrected chi connectivity index (χ2v) is 7.37. The Bertz CT molecular complexity index is 1140. The van der Waals surface area contributed by atoms with E-state index in [-0.39, 0.29) is 0 Å². The summed E-state index contributed by atoms with van der Waals surface area (Å²) in [5, 5.41) is 3.35. The summed E-state index contributed by atoms with van der Waals surface area (Å²) in [5.74, 6) is 0.609. The SMILES string of the molecule is NCc1cccc(-c2cnc(NCCCc3cccc(N)c3)nc2-c2ccncc2)c1. The number of nitrogens with one attached hydrogen (secondary N) is 1. The number of anilines is 2. The van der Waals surface area contributed by atoms with Crippen LogP contribution in [0.25, 0.3) is 22.4 Å². The van der Waals surface area contributed by atoms with Gasteiger partial charge in [-0.05, 0) is 59.9 Å². The fourth-order valence-electron chi connectivity index (χ4n) is 3.52. The van der Waals surface area contributed by atoms with Crippen LogP contribution in [0.15, 0.2) is 79.3 Å². The summed E-state index contributed by atoms with van der Waals surface area (Å²) in [5.41, 5.74) is 18.7. The molecule has 0 aliphatic heterocycles. The van der Waals surface area contributed by atoms with Gasteiger partial charge in [-0.25, -0.2) is 9.97 Å². The first-order valence-electron chi connectivity index (χ1n) is 10.4. The van der Waals surface area contributed by atoms with Crippen LogP contribution in [0.3, 0.4) is 0 Å². The van der Waals surface area contributed by atoms with Gasteiger partial charge in [0.05, 0.1) is 5.69 Å². The lowest BCUT2D eigenvalue weighted by Crippen LogP contribution is -2.07. The van der Waals surface area contributed by atoms with Crippen molar-refractivity contribution in [2.45, 2.75) is 19.4 Å². The number of nitrogens with two attached hydrogens (primary N) is 2. The van der Waals surface area contributed by atoms with Crippen LogP contribution in [-0.4, -0.2) is 21.5 Å². The van der Waals surface area contributed by atoms with Gasteiger partial charge in [0.25, 0.3) is 0 Å². The first-order valence-corrected chi connectivity index (χ1v) is 10.4. The molecule has 156 valence electrons. The van der Waals surface area contributed by atoms with Gasteiger partial charge >= 0.3 is 0 Å². The van der Waals surface area contributed by atoms with Crippen LogP contribution in [0.1, 0.15) is 17.5 Å². The third-order valence-electron chi connectivity index (χ3n) is 5.09. The smallest absolute Gasteiger partial charge is 0.223 e. The molecule has 0 spiro atoms. The Morgan fingerprint density at radius 1 is 0.871 bits per heavy atom. The molecule has 0 atom stereocenters. The second kappa shape index (κ2) is 9.82. The minimum atomic E-state index is 0.492. The van der Waals surface area contributed by atoms with Gasteiger partial charge in [0.2, 0.25) is 5.95 Å². The zero-order valence-electron chi connectivity index (χ0n) is 17.3. The highest BCUT2D eigenvalue weighted by molar-refractivity contribution is 5.80. The molecule has 2 aromatic carbocycles. The molecule has 6 nitrogen and oxygen atoms in total. The molecule has 4 rings (SSSR count). The maximum atomic E-state index is 5.86. The van der Waals surface area contributed by atoms with Crippen LogP contribution >= 0.6 is 0 Å². The number of nitrogen functional groups attached to an aromatic ring is 1. The quantitative estimate of drug-likeness (QED) is 0.296. The molecule has 0 aliphatic carbocycles. The molecule has 2 heterocycles. The van der Waals surface area contributed by atoms with Crippen molar-refractivity contribution >= 4 is 11.6 Å². The topological polar surface area (TPSA) is 103 Å². The predicted molar refractivity (Wildman–Crippen MR) is 126 cm³/mol. The van der Waals surface area contributed by atoms with Crippen molar-refractivity contribution < 1.29 is 0 Å². The highest BCUT2D eigenvalue weighted by Gasteiger charge is 2.12. The van der Waals surface area contributed by atoms with E-state index in [2.05, 4.69) is 33.5 Å². The molecule has 0 saturated heterocycles. The summed E-state index contributed by atoms with van der Waals surface area (Å²) in [6.45, 7) is 1.26. The Balaban J connectivity index is 1.54. The highest BCUT2D eigenvalue weighted by atomic mass is 15.1. The fraction of sp³-hybridized carbons (Fsp3) is 0.160. The van der Waals surface area contributed by atoms with Crippen molar-refractivity contribution in [2.75, 3.05) is 17.6 Å². The van der Waals surface area contributed by atoms with Gasteiger partial charge in [0.1, 0.15) is 0 Å². The molecular formula is C25H26N6. The molecule has 0 radical (unpaired) electrons. The third kappa shape index (κ3) is 5.24. The maximum Gasteiger partial charge on any atom is 0.223 e. The van der Waals surface area contributed by atoms with Crippen LogP contribution in [0.2, 0.25) is 0 Å². The summed E-state index contributed by atoms with van der Waals surface area (Å²) in [4.78, 5) is 13.5. The van der Waals surface area contributed by atoms with Crippen molar-refractivity contribution in [3.05, 3.63) is 90.4 Å². The number of hydrogen-bond acceptors (Lipinski definition) is 6. The molecule has 6 heteroatoms. The summed E-state index contributed by atoms with van der Waals surface area (Å²) in [7, 11) is 0. The zero-order valence-corrected chi connectivity index (χ0v) is 17.3. The van der Waals surface area contributed by atoms with E-state index in [1.165, 1.54) is 5.56 Å². The van der Waals surface area contributed by atoms with E-state index in [1.807, 2.05) is 48.7 Å². The lowest BCUT2D eigenvalue weighted by Gasteiger charge is -2.12. The van der Waals surface area contributed by atoms with Crippen LogP contribution in [0, 0.1) is 0 Å². The van der Waals surface area contributed by atoms with Gasteiger partial charge in [-0.15, -0.1) is 0 Å². The number of pyridine rings is 1. The molecular weight excluding hydrogens is 384 g/mol. The highest BCUT2D eigenvalue weighted by Crippen LogP contribution is 2.31. The molecule has 31 heavy (non-hydrogen) atoms. The van der Waals surface area contributed by atoms with Crippen LogP contribution < -0.4 is 16.8 Å². The molecule has 0 amide bonds. The molecule has 0 bridgehead atoms. The second-order valence-electron chi connectivity index (χ2n) is 7.37. The number of nitrogens with zero attached hydrogens (tertiary/aromatic N) is 3. The van der Waals surface area contributed by atoms with Gasteiger partial charge in [-0.2, -0.15) is 0 Å². The average Bonchev–Trinajstić information content (AvgIpc) is 2.82. The molecule has 0 fully saturated rings. The summed E-state index contributed by atoms with van der Waals surface area (Å²) >= 11 is 0. The van der Waals surface area contributed by atoms with Crippen molar-refractivity contribution in [2.24, 2.45) is 5.73 Å². The van der Waals surface area contributed by atoms with Gasteiger partial charge in [0.15, 0.2) is 0 Å². The van der Waals surface area contributed by atoms with E-state index in [9.17, 15) is 0 Å². The largest absolute Gasteiger partial charge is 0.399 e. The van der Waals surface area contributed by atoms with E-state index in [4.69, 9.17) is 16.5 Å². The van der Waals surface area contributed by atoms with Crippen molar-refractivity contribution in [1.82, 2.24) is 15.0 Å². The normalized spacial score (nSPS) is 10.7. The molecule has 2 aromatic heterocycles. The summed E-state index contributed by atoms with van der Waals surface area (Å²) < 4.78 is 0. The number of hydrogen-bond donors (Lipinski definition) is 3. The fourth-order valence-corrected chi connectivity index (χ4v) is 3.52. The third-order valence-corrected chi connectivity index (χ3v) is 5.09. The van der Waals surface area contributed by atoms with Gasteiger partial charge in [0, 0.05) is 48.5 Å². The molecule has 0 saturated carbocycles. The standard InChI is InChI=1S/C25H26N6/c26-16-19-5-1-7-21(14-19)23-17-30-25(31-24(23)20-9-12-28-13-10-20)29-11-3-6-18-4-2-8-22(27)15-18/h1-2,4-5,7-10,12-15,17H,3,6,11,16,26-27H2,(H,29,30,31). The minimum Gasteiger partial charge on any atom is -0.399 e. The molecule has 0 aliphatic rings. The average molecular weight is 411 g/mol. The van der Waals surface area contributed by atoms with E-state index in [0.29, 0.717) is 12.5 Å². The Morgan fingerprint density at radius 2 is 1.68 bits per heavy atom. The molecule has 4 aromatic rings.